The summed E-state index contributed by atoms with van der Waals surface area (Å²) in [6.45, 7) is 3.57. The molecule has 3 aromatic heterocycles. The number of hydrogen-bond donors (Lipinski definition) is 1. The Morgan fingerprint density at radius 3 is 2.77 bits per heavy atom. The average Bonchev–Trinajstić information content (AvgIpc) is 3.23. The van der Waals surface area contributed by atoms with Crippen LogP contribution in [0.4, 0.5) is 0 Å². The zero-order chi connectivity index (χ0) is 18.9. The van der Waals surface area contributed by atoms with Gasteiger partial charge in [-0.05, 0) is 31.5 Å². The second-order valence-electron chi connectivity index (χ2n) is 5.81. The molecule has 7 nitrogen and oxygen atoms in total. The lowest BCUT2D eigenvalue weighted by Gasteiger charge is -2.06. The highest BCUT2D eigenvalue weighted by Gasteiger charge is 2.20. The first-order chi connectivity index (χ1) is 12.3. The predicted octanol–water partition coefficient (Wildman–Crippen LogP) is 2.61. The van der Waals surface area contributed by atoms with Crippen LogP contribution >= 0.6 is 11.3 Å². The molecule has 26 heavy (non-hydrogen) atoms. The lowest BCUT2D eigenvalue weighted by Crippen LogP contribution is -2.13. The summed E-state index contributed by atoms with van der Waals surface area (Å²) in [5.41, 5.74) is 2.06. The molecule has 0 spiro atoms. The molecule has 138 valence electrons. The van der Waals surface area contributed by atoms with E-state index in [9.17, 15) is 13.2 Å². The molecule has 3 heterocycles. The Balaban J connectivity index is 1.87. The molecule has 0 aliphatic rings. The molecule has 0 aliphatic heterocycles. The normalized spacial score (nSPS) is 11.8. The molecule has 0 bridgehead atoms. The Bertz CT molecular complexity index is 1090. The maximum atomic E-state index is 12.4. The first-order valence-electron chi connectivity index (χ1n) is 8.00. The number of aromatic amines is 1. The van der Waals surface area contributed by atoms with Crippen LogP contribution in [0.25, 0.3) is 10.4 Å². The second-order valence-corrected chi connectivity index (χ2v) is 8.73. The number of aromatic nitrogens is 3. The lowest BCUT2D eigenvalue weighted by molar-refractivity contribution is 0.296. The predicted molar refractivity (Wildman–Crippen MR) is 99.7 cm³/mol. The quantitative estimate of drug-likeness (QED) is 0.650. The van der Waals surface area contributed by atoms with E-state index in [0.29, 0.717) is 23.5 Å². The highest BCUT2D eigenvalue weighted by molar-refractivity contribution is 7.89. The fourth-order valence-corrected chi connectivity index (χ4v) is 4.75. The molecular weight excluding hydrogens is 374 g/mol. The number of H-pyrrole nitrogens is 1. The smallest absolute Gasteiger partial charge is 0.306 e. The Morgan fingerprint density at radius 1 is 1.35 bits per heavy atom. The lowest BCUT2D eigenvalue weighted by atomic mass is 10.1. The molecular formula is C17H19N3O4S2. The van der Waals surface area contributed by atoms with Gasteiger partial charge in [0.2, 0.25) is 0 Å². The molecule has 0 atom stereocenters. The summed E-state index contributed by atoms with van der Waals surface area (Å²) in [6, 6.07) is 5.05. The molecule has 0 fully saturated rings. The van der Waals surface area contributed by atoms with Gasteiger partial charge in [0.1, 0.15) is 16.6 Å². The topological polar surface area (TPSA) is 94.1 Å². The fraction of sp³-hybridized carbons (Fsp3) is 0.294. The van der Waals surface area contributed by atoms with Crippen molar-refractivity contribution in [2.24, 2.45) is 7.05 Å². The van der Waals surface area contributed by atoms with Gasteiger partial charge in [0.05, 0.1) is 0 Å². The molecule has 0 saturated heterocycles. The molecule has 1 N–H and O–H groups in total. The van der Waals surface area contributed by atoms with Gasteiger partial charge in [-0.15, -0.1) is 11.3 Å². The van der Waals surface area contributed by atoms with Crippen LogP contribution < -0.4 is 5.56 Å². The first-order valence-corrected chi connectivity index (χ1v) is 10.2. The van der Waals surface area contributed by atoms with Crippen LogP contribution in [-0.4, -0.2) is 23.0 Å². The summed E-state index contributed by atoms with van der Waals surface area (Å²) in [6.07, 6.45) is 3.91. The summed E-state index contributed by atoms with van der Waals surface area (Å²) in [5, 5.41) is 0. The Labute approximate surface area is 155 Å². The summed E-state index contributed by atoms with van der Waals surface area (Å²) in [7, 11) is -2.11. The minimum Gasteiger partial charge on any atom is -0.336 e. The van der Waals surface area contributed by atoms with Crippen LogP contribution in [0, 0.1) is 6.92 Å². The number of thiophene rings is 1. The minimum atomic E-state index is -3.88. The molecule has 0 radical (unpaired) electrons. The van der Waals surface area contributed by atoms with E-state index in [1.807, 2.05) is 13.0 Å². The number of nitrogens with one attached hydrogen (secondary N) is 1. The fourth-order valence-electron chi connectivity index (χ4n) is 2.51. The van der Waals surface area contributed by atoms with E-state index in [1.165, 1.54) is 6.07 Å². The van der Waals surface area contributed by atoms with Gasteiger partial charge in [0, 0.05) is 41.1 Å². The Morgan fingerprint density at radius 2 is 2.12 bits per heavy atom. The molecule has 9 heteroatoms. The van der Waals surface area contributed by atoms with E-state index in [2.05, 4.69) is 9.97 Å². The summed E-state index contributed by atoms with van der Waals surface area (Å²) in [5.74, 6) is 0.523. The molecule has 0 unspecified atom stereocenters. The molecule has 3 rings (SSSR count). The van der Waals surface area contributed by atoms with Crippen molar-refractivity contribution in [2.45, 2.75) is 31.1 Å². The van der Waals surface area contributed by atoms with E-state index < -0.39 is 10.1 Å². The third-order valence-corrected chi connectivity index (χ3v) is 6.89. The van der Waals surface area contributed by atoms with Gasteiger partial charge in [0.15, 0.2) is 0 Å². The average molecular weight is 393 g/mol. The van der Waals surface area contributed by atoms with Crippen LogP contribution in [0.1, 0.15) is 24.0 Å². The van der Waals surface area contributed by atoms with Crippen molar-refractivity contribution in [3.8, 4) is 10.4 Å². The van der Waals surface area contributed by atoms with Gasteiger partial charge in [0.25, 0.3) is 5.56 Å². The van der Waals surface area contributed by atoms with E-state index >= 15 is 0 Å². The number of imidazole rings is 1. The highest BCUT2D eigenvalue weighted by Crippen LogP contribution is 2.33. The van der Waals surface area contributed by atoms with Gasteiger partial charge in [-0.2, -0.15) is 8.42 Å². The second kappa shape index (κ2) is 7.18. The maximum absolute atomic E-state index is 12.4. The van der Waals surface area contributed by atoms with E-state index in [1.54, 1.807) is 37.0 Å². The van der Waals surface area contributed by atoms with Crippen LogP contribution in [-0.2, 0) is 34.4 Å². The first kappa shape index (κ1) is 18.6. The van der Waals surface area contributed by atoms with E-state index in [0.717, 1.165) is 21.8 Å². The van der Waals surface area contributed by atoms with Crippen molar-refractivity contribution in [1.82, 2.24) is 14.5 Å². The van der Waals surface area contributed by atoms with Crippen molar-refractivity contribution in [1.29, 1.82) is 0 Å². The Hall–Kier alpha value is -2.23. The SMILES string of the molecule is CCc1cc(-c2ccc(S(=O)(=O)OCc3nccn3C)s2)c(C)[nH]c1=O. The summed E-state index contributed by atoms with van der Waals surface area (Å²) < 4.78 is 31.8. The number of pyridine rings is 1. The standard InChI is InChI=1S/C17H19N3O4S2/c1-4-12-9-13(11(2)19-17(12)21)14-5-6-16(25-14)26(22,23)24-10-15-18-7-8-20(15)3/h5-9H,4,10H2,1-3H3,(H,19,21). The van der Waals surface area contributed by atoms with Crippen molar-refractivity contribution < 1.29 is 12.6 Å². The number of nitrogens with zero attached hydrogens (tertiary/aromatic N) is 2. The minimum absolute atomic E-state index is 0.114. The van der Waals surface area contributed by atoms with Gasteiger partial charge < -0.3 is 9.55 Å². The number of hydrogen-bond acceptors (Lipinski definition) is 6. The molecule has 0 amide bonds. The van der Waals surface area contributed by atoms with Crippen molar-refractivity contribution >= 4 is 21.5 Å². The maximum Gasteiger partial charge on any atom is 0.306 e. The number of aryl methyl sites for hydroxylation is 3. The highest BCUT2D eigenvalue weighted by atomic mass is 32.3. The third-order valence-electron chi connectivity index (χ3n) is 4.05. The largest absolute Gasteiger partial charge is 0.336 e. The molecule has 0 aliphatic carbocycles. The van der Waals surface area contributed by atoms with E-state index in [4.69, 9.17) is 4.18 Å². The number of rotatable bonds is 6. The van der Waals surface area contributed by atoms with Crippen LogP contribution in [0.15, 0.2) is 39.6 Å². The van der Waals surface area contributed by atoms with E-state index in [-0.39, 0.29) is 16.4 Å². The molecule has 0 aromatic carbocycles. The van der Waals surface area contributed by atoms with Gasteiger partial charge in [-0.3, -0.25) is 8.98 Å². The third kappa shape index (κ3) is 3.64. The summed E-state index contributed by atoms with van der Waals surface area (Å²) >= 11 is 1.11. The van der Waals surface area contributed by atoms with Gasteiger partial charge in [-0.1, -0.05) is 6.92 Å². The Kier molecular flexibility index (Phi) is 5.12. The van der Waals surface area contributed by atoms with Crippen molar-refractivity contribution in [3.63, 3.8) is 0 Å². The molecule has 3 aromatic rings. The van der Waals surface area contributed by atoms with Crippen LogP contribution in [0.3, 0.4) is 0 Å². The van der Waals surface area contributed by atoms with Crippen LogP contribution in [0.2, 0.25) is 0 Å². The zero-order valence-electron chi connectivity index (χ0n) is 14.6. The van der Waals surface area contributed by atoms with Gasteiger partial charge >= 0.3 is 10.1 Å². The van der Waals surface area contributed by atoms with Crippen LogP contribution in [0.5, 0.6) is 0 Å². The van der Waals surface area contributed by atoms with Crippen molar-refractivity contribution in [3.05, 3.63) is 58.0 Å². The zero-order valence-corrected chi connectivity index (χ0v) is 16.3. The molecule has 0 saturated carbocycles. The summed E-state index contributed by atoms with van der Waals surface area (Å²) in [4.78, 5) is 19.5. The monoisotopic (exact) mass is 393 g/mol. The van der Waals surface area contributed by atoms with Gasteiger partial charge in [-0.25, -0.2) is 4.98 Å². The van der Waals surface area contributed by atoms with Crippen molar-refractivity contribution in [2.75, 3.05) is 0 Å².